The first-order valence-corrected chi connectivity index (χ1v) is 6.29. The molecule has 5 N–H and O–H groups in total. The highest BCUT2D eigenvalue weighted by atomic mass is 35.5. The molecule has 9 heteroatoms. The number of aromatic amines is 1. The highest BCUT2D eigenvalue weighted by Crippen LogP contribution is 2.30. The van der Waals surface area contributed by atoms with Crippen LogP contribution in [0, 0.1) is 10.1 Å². The first-order chi connectivity index (χ1) is 9.90. The molecule has 2 aromatic rings. The molecule has 0 spiro atoms. The van der Waals surface area contributed by atoms with Gasteiger partial charge in [0.05, 0.1) is 11.5 Å². The number of nitro groups is 1. The molecule has 1 aromatic carbocycles. The molecule has 1 heterocycles. The second-order valence-electron chi connectivity index (χ2n) is 4.34. The fourth-order valence-corrected chi connectivity index (χ4v) is 2.37. The molecule has 110 valence electrons. The van der Waals surface area contributed by atoms with Crippen LogP contribution in [0.5, 0.6) is 0 Å². The van der Waals surface area contributed by atoms with E-state index in [1.54, 1.807) is 24.3 Å². The fraction of sp³-hybridized carbons (Fsp3) is 0.167. The lowest BCUT2D eigenvalue weighted by atomic mass is 9.92. The molecule has 21 heavy (non-hydrogen) atoms. The van der Waals surface area contributed by atoms with Crippen LogP contribution in [0.25, 0.3) is 0 Å². The van der Waals surface area contributed by atoms with Crippen LogP contribution in [0.2, 0.25) is 5.02 Å². The normalized spacial score (nSPS) is 12.0. The van der Waals surface area contributed by atoms with Crippen LogP contribution in [0.15, 0.2) is 29.1 Å². The van der Waals surface area contributed by atoms with Crippen LogP contribution in [-0.4, -0.2) is 21.4 Å². The van der Waals surface area contributed by atoms with E-state index in [4.69, 9.17) is 23.1 Å². The van der Waals surface area contributed by atoms with Crippen molar-refractivity contribution in [2.75, 3.05) is 18.0 Å². The van der Waals surface area contributed by atoms with E-state index in [1.807, 2.05) is 0 Å². The van der Waals surface area contributed by atoms with E-state index in [9.17, 15) is 14.9 Å². The molecule has 1 atom stereocenters. The molecule has 2 rings (SSSR count). The summed E-state index contributed by atoms with van der Waals surface area (Å²) in [6, 6.07) is 6.54. The smallest absolute Gasteiger partial charge is 0.258 e. The molecule has 0 saturated carbocycles. The Labute approximate surface area is 123 Å². The molecule has 8 nitrogen and oxygen atoms in total. The van der Waals surface area contributed by atoms with Crippen LogP contribution in [0.1, 0.15) is 17.0 Å². The molecule has 0 radical (unpaired) electrons. The Hall–Kier alpha value is -2.61. The van der Waals surface area contributed by atoms with Gasteiger partial charge in [0.25, 0.3) is 5.56 Å². The van der Waals surface area contributed by atoms with E-state index < -0.39 is 22.9 Å². The van der Waals surface area contributed by atoms with Crippen molar-refractivity contribution in [1.29, 1.82) is 0 Å². The molecule has 1 aromatic heterocycles. The third kappa shape index (κ3) is 3.11. The molecule has 0 aliphatic rings. The van der Waals surface area contributed by atoms with E-state index in [0.29, 0.717) is 10.6 Å². The van der Waals surface area contributed by atoms with Crippen LogP contribution >= 0.6 is 11.6 Å². The van der Waals surface area contributed by atoms with Crippen LogP contribution < -0.4 is 17.0 Å². The second-order valence-corrected chi connectivity index (χ2v) is 4.75. The number of nitrogens with zero attached hydrogens (tertiary/aromatic N) is 2. The molecule has 0 fully saturated rings. The third-order valence-corrected chi connectivity index (χ3v) is 3.31. The monoisotopic (exact) mass is 309 g/mol. The highest BCUT2D eigenvalue weighted by molar-refractivity contribution is 6.31. The summed E-state index contributed by atoms with van der Waals surface area (Å²) in [4.78, 5) is 28.5. The SMILES string of the molecule is Nc1nc(N)c(C(C[N+](=O)[O-])c2ccccc2Cl)c(=O)[nH]1. The average Bonchev–Trinajstić information content (AvgIpc) is 2.36. The van der Waals surface area contributed by atoms with Crippen molar-refractivity contribution < 1.29 is 4.92 Å². The van der Waals surface area contributed by atoms with Gasteiger partial charge in [-0.3, -0.25) is 19.9 Å². The number of benzene rings is 1. The van der Waals surface area contributed by atoms with Crippen molar-refractivity contribution in [3.8, 4) is 0 Å². The summed E-state index contributed by atoms with van der Waals surface area (Å²) in [5.41, 5.74) is 10.9. The van der Waals surface area contributed by atoms with Gasteiger partial charge in [0.2, 0.25) is 12.5 Å². The summed E-state index contributed by atoms with van der Waals surface area (Å²) in [6.07, 6.45) is 0. The third-order valence-electron chi connectivity index (χ3n) is 2.96. The second kappa shape index (κ2) is 5.80. The predicted molar refractivity (Wildman–Crippen MR) is 78.8 cm³/mol. The van der Waals surface area contributed by atoms with Crippen LogP contribution in [-0.2, 0) is 0 Å². The largest absolute Gasteiger partial charge is 0.383 e. The Morgan fingerprint density at radius 3 is 2.62 bits per heavy atom. The van der Waals surface area contributed by atoms with Gasteiger partial charge in [0.1, 0.15) is 5.82 Å². The molecular weight excluding hydrogens is 298 g/mol. The molecular formula is C12H12ClN5O3. The van der Waals surface area contributed by atoms with Crippen molar-refractivity contribution in [3.63, 3.8) is 0 Å². The molecule has 0 aliphatic heterocycles. The number of hydrogen-bond donors (Lipinski definition) is 3. The number of nitrogen functional groups attached to an aromatic ring is 2. The Balaban J connectivity index is 2.65. The predicted octanol–water partition coefficient (Wildman–Crippen LogP) is 0.996. The lowest BCUT2D eigenvalue weighted by Crippen LogP contribution is -2.26. The topological polar surface area (TPSA) is 141 Å². The minimum Gasteiger partial charge on any atom is -0.383 e. The van der Waals surface area contributed by atoms with E-state index >= 15 is 0 Å². The number of hydrogen-bond acceptors (Lipinski definition) is 6. The summed E-state index contributed by atoms with van der Waals surface area (Å²) in [5.74, 6) is -1.21. The Kier molecular flexibility index (Phi) is 4.08. The minimum absolute atomic E-state index is 0.0194. The number of halogens is 1. The fourth-order valence-electron chi connectivity index (χ4n) is 2.11. The maximum atomic E-state index is 12.0. The van der Waals surface area contributed by atoms with Gasteiger partial charge in [-0.15, -0.1) is 0 Å². The molecule has 0 saturated heterocycles. The maximum Gasteiger partial charge on any atom is 0.258 e. The van der Waals surface area contributed by atoms with E-state index in [2.05, 4.69) is 9.97 Å². The zero-order valence-electron chi connectivity index (χ0n) is 10.7. The van der Waals surface area contributed by atoms with Gasteiger partial charge in [0, 0.05) is 9.95 Å². The minimum atomic E-state index is -0.912. The average molecular weight is 310 g/mol. The van der Waals surface area contributed by atoms with Crippen LogP contribution in [0.4, 0.5) is 11.8 Å². The Bertz CT molecular complexity index is 746. The number of rotatable bonds is 4. The van der Waals surface area contributed by atoms with Gasteiger partial charge in [0.15, 0.2) is 0 Å². The van der Waals surface area contributed by atoms with Gasteiger partial charge < -0.3 is 11.5 Å². The molecule has 0 amide bonds. The maximum absolute atomic E-state index is 12.0. The molecule has 0 bridgehead atoms. The van der Waals surface area contributed by atoms with Gasteiger partial charge in [-0.1, -0.05) is 29.8 Å². The standard InChI is InChI=1S/C12H12ClN5O3/c13-8-4-2-1-3-6(8)7(5-18(20)21)9-10(14)16-12(15)17-11(9)19/h1-4,7H,5H2,(H5,14,15,16,17,19). The van der Waals surface area contributed by atoms with Gasteiger partial charge in [-0.2, -0.15) is 4.98 Å². The summed E-state index contributed by atoms with van der Waals surface area (Å²) in [7, 11) is 0. The van der Waals surface area contributed by atoms with Crippen molar-refractivity contribution in [2.45, 2.75) is 5.92 Å². The van der Waals surface area contributed by atoms with Crippen LogP contribution in [0.3, 0.4) is 0 Å². The van der Waals surface area contributed by atoms with Crippen molar-refractivity contribution in [3.05, 3.63) is 60.9 Å². The zero-order chi connectivity index (χ0) is 15.6. The van der Waals surface area contributed by atoms with Gasteiger partial charge >= 0.3 is 0 Å². The van der Waals surface area contributed by atoms with Crippen molar-refractivity contribution >= 4 is 23.4 Å². The van der Waals surface area contributed by atoms with E-state index in [0.717, 1.165) is 0 Å². The summed E-state index contributed by atoms with van der Waals surface area (Å²) < 4.78 is 0. The number of anilines is 2. The number of aromatic nitrogens is 2. The summed E-state index contributed by atoms with van der Waals surface area (Å²) in [6.45, 7) is -0.539. The number of nitrogens with one attached hydrogen (secondary N) is 1. The Morgan fingerprint density at radius 1 is 1.38 bits per heavy atom. The highest BCUT2D eigenvalue weighted by Gasteiger charge is 2.28. The number of H-pyrrole nitrogens is 1. The van der Waals surface area contributed by atoms with Gasteiger partial charge in [-0.05, 0) is 11.6 Å². The summed E-state index contributed by atoms with van der Waals surface area (Å²) in [5, 5.41) is 11.2. The van der Waals surface area contributed by atoms with E-state index in [-0.39, 0.29) is 17.3 Å². The lowest BCUT2D eigenvalue weighted by molar-refractivity contribution is -0.481. The number of nitrogens with two attached hydrogens (primary N) is 2. The quantitative estimate of drug-likeness (QED) is 0.568. The first kappa shape index (κ1) is 14.8. The Morgan fingerprint density at radius 2 is 2.05 bits per heavy atom. The lowest BCUT2D eigenvalue weighted by Gasteiger charge is -2.15. The van der Waals surface area contributed by atoms with E-state index in [1.165, 1.54) is 0 Å². The molecule has 0 aliphatic carbocycles. The van der Waals surface area contributed by atoms with Gasteiger partial charge in [-0.25, -0.2) is 0 Å². The first-order valence-electron chi connectivity index (χ1n) is 5.91. The molecule has 1 unspecified atom stereocenters. The van der Waals surface area contributed by atoms with Crippen molar-refractivity contribution in [2.24, 2.45) is 0 Å². The summed E-state index contributed by atoms with van der Waals surface area (Å²) >= 11 is 6.07. The zero-order valence-corrected chi connectivity index (χ0v) is 11.5. The van der Waals surface area contributed by atoms with Crippen molar-refractivity contribution in [1.82, 2.24) is 9.97 Å².